The van der Waals surface area contributed by atoms with Crippen LogP contribution in [-0.4, -0.2) is 23.3 Å². The van der Waals surface area contributed by atoms with E-state index in [1.807, 2.05) is 0 Å². The van der Waals surface area contributed by atoms with E-state index in [0.29, 0.717) is 0 Å². The Balaban J connectivity index is 2.95. The molecule has 5 nitrogen and oxygen atoms in total. The number of carbonyl (C=O) groups excluding carboxylic acids is 1. The second-order valence-electron chi connectivity index (χ2n) is 2.45. The number of primary amides is 1. The van der Waals surface area contributed by atoms with Gasteiger partial charge in [-0.3, -0.25) is 4.79 Å². The molecule has 0 heterocycles. The summed E-state index contributed by atoms with van der Waals surface area (Å²) in [6.07, 6.45) is 0. The molecule has 0 aromatic heterocycles. The molecule has 14 heavy (non-hydrogen) atoms. The number of hydrogen-bond acceptors (Lipinski definition) is 4. The summed E-state index contributed by atoms with van der Waals surface area (Å²) in [5, 5.41) is 16.8. The van der Waals surface area contributed by atoms with Crippen LogP contribution < -0.4 is 10.4 Å². The van der Waals surface area contributed by atoms with Crippen molar-refractivity contribution in [3.63, 3.8) is 0 Å². The van der Waals surface area contributed by atoms with Gasteiger partial charge < -0.3 is 20.4 Å². The first-order valence-corrected chi connectivity index (χ1v) is 3.63. The summed E-state index contributed by atoms with van der Waals surface area (Å²) >= 11 is 0. The van der Waals surface area contributed by atoms with Crippen molar-refractivity contribution in [3.8, 4) is 5.75 Å². The van der Waals surface area contributed by atoms with E-state index in [-0.39, 0.29) is 11.3 Å². The molecule has 0 aliphatic rings. The molecule has 7 heteroatoms. The van der Waals surface area contributed by atoms with Gasteiger partial charge in [0.25, 0.3) is 0 Å². The van der Waals surface area contributed by atoms with Gasteiger partial charge in [-0.1, -0.05) is 0 Å². The zero-order valence-electron chi connectivity index (χ0n) is 6.98. The Morgan fingerprint density at radius 2 is 2.14 bits per heavy atom. The van der Waals surface area contributed by atoms with Gasteiger partial charge in [0.1, 0.15) is 5.75 Å². The fourth-order valence-corrected chi connectivity index (χ4v) is 0.863. The molecule has 0 fully saturated rings. The first-order chi connectivity index (χ1) is 6.50. The fraction of sp³-hybridized carbons (Fsp3) is 0. The van der Waals surface area contributed by atoms with Crippen LogP contribution in [0.25, 0.3) is 0 Å². The number of nitrogens with two attached hydrogens (primary N) is 1. The summed E-state index contributed by atoms with van der Waals surface area (Å²) in [5.74, 6) is -2.04. The van der Waals surface area contributed by atoms with Crippen molar-refractivity contribution >= 4 is 13.2 Å². The molecule has 0 bridgehead atoms. The van der Waals surface area contributed by atoms with Gasteiger partial charge in [-0.25, -0.2) is 4.39 Å². The monoisotopic (exact) mass is 199 g/mol. The molecule has 0 spiro atoms. The lowest BCUT2D eigenvalue weighted by atomic mass is 10.2. The maximum atomic E-state index is 13.0. The lowest BCUT2D eigenvalue weighted by Gasteiger charge is -2.05. The summed E-state index contributed by atoms with van der Waals surface area (Å²) in [6, 6.07) is 3.14. The number of amides is 1. The van der Waals surface area contributed by atoms with Crippen molar-refractivity contribution < 1.29 is 23.9 Å². The standard InChI is InChI=1S/C7H7BFNO4/c9-5-3-4(7(10)11)1-2-6(5)14-8(12)13/h1-3,12-13H,(H2,10,11). The molecule has 1 aromatic rings. The molecule has 1 rings (SSSR count). The first kappa shape index (κ1) is 10.5. The molecule has 0 atom stereocenters. The minimum Gasteiger partial charge on any atom is -0.510 e. The maximum absolute atomic E-state index is 13.0. The van der Waals surface area contributed by atoms with Crippen LogP contribution in [0.3, 0.4) is 0 Å². The van der Waals surface area contributed by atoms with Crippen molar-refractivity contribution in [2.24, 2.45) is 5.73 Å². The fourth-order valence-electron chi connectivity index (χ4n) is 0.863. The highest BCUT2D eigenvalue weighted by molar-refractivity contribution is 6.33. The summed E-state index contributed by atoms with van der Waals surface area (Å²) in [5.41, 5.74) is 4.86. The third-order valence-electron chi connectivity index (χ3n) is 1.45. The van der Waals surface area contributed by atoms with Gasteiger partial charge >= 0.3 is 7.32 Å². The molecule has 0 saturated carbocycles. The normalized spacial score (nSPS) is 9.64. The highest BCUT2D eigenvalue weighted by Crippen LogP contribution is 2.18. The van der Waals surface area contributed by atoms with E-state index in [1.54, 1.807) is 0 Å². The van der Waals surface area contributed by atoms with Gasteiger partial charge in [-0.05, 0) is 18.2 Å². The summed E-state index contributed by atoms with van der Waals surface area (Å²) < 4.78 is 17.3. The number of benzene rings is 1. The van der Waals surface area contributed by atoms with E-state index in [9.17, 15) is 9.18 Å². The zero-order valence-corrected chi connectivity index (χ0v) is 6.98. The summed E-state index contributed by atoms with van der Waals surface area (Å²) in [6.45, 7) is 0. The van der Waals surface area contributed by atoms with Crippen molar-refractivity contribution in [1.29, 1.82) is 0 Å². The van der Waals surface area contributed by atoms with Crippen molar-refractivity contribution in [3.05, 3.63) is 29.6 Å². The van der Waals surface area contributed by atoms with Gasteiger partial charge in [0.2, 0.25) is 5.91 Å². The lowest BCUT2D eigenvalue weighted by Crippen LogP contribution is -2.21. The molecule has 0 aliphatic heterocycles. The topological polar surface area (TPSA) is 92.8 Å². The quantitative estimate of drug-likeness (QED) is 0.559. The van der Waals surface area contributed by atoms with E-state index in [4.69, 9.17) is 15.8 Å². The predicted molar refractivity (Wildman–Crippen MR) is 45.7 cm³/mol. The van der Waals surface area contributed by atoms with Gasteiger partial charge in [0.05, 0.1) is 0 Å². The largest absolute Gasteiger partial charge is 0.707 e. The third-order valence-corrected chi connectivity index (χ3v) is 1.45. The minimum absolute atomic E-state index is 0.0257. The van der Waals surface area contributed by atoms with E-state index < -0.39 is 19.0 Å². The second-order valence-corrected chi connectivity index (χ2v) is 2.45. The SMILES string of the molecule is NC(=O)c1ccc(OB(O)O)c(F)c1. The maximum Gasteiger partial charge on any atom is 0.707 e. The van der Waals surface area contributed by atoms with Crippen molar-refractivity contribution in [1.82, 2.24) is 0 Å². The Labute approximate surface area is 79.1 Å². The minimum atomic E-state index is -2.11. The van der Waals surface area contributed by atoms with E-state index in [2.05, 4.69) is 4.65 Å². The summed E-state index contributed by atoms with van der Waals surface area (Å²) in [7, 11) is -2.11. The smallest absolute Gasteiger partial charge is 0.510 e. The van der Waals surface area contributed by atoms with Gasteiger partial charge in [-0.15, -0.1) is 0 Å². The zero-order chi connectivity index (χ0) is 10.7. The average molecular weight is 199 g/mol. The molecule has 0 saturated heterocycles. The van der Waals surface area contributed by atoms with E-state index in [1.165, 1.54) is 6.07 Å². The highest BCUT2D eigenvalue weighted by atomic mass is 19.1. The third kappa shape index (κ3) is 2.44. The predicted octanol–water partition coefficient (Wildman–Crippen LogP) is -0.727. The van der Waals surface area contributed by atoms with Gasteiger partial charge in [-0.2, -0.15) is 0 Å². The average Bonchev–Trinajstić information content (AvgIpc) is 2.07. The molecule has 74 valence electrons. The number of hydrogen-bond donors (Lipinski definition) is 3. The van der Waals surface area contributed by atoms with E-state index >= 15 is 0 Å². The van der Waals surface area contributed by atoms with Crippen molar-refractivity contribution in [2.45, 2.75) is 0 Å². The molecular weight excluding hydrogens is 192 g/mol. The molecule has 0 unspecified atom stereocenters. The van der Waals surface area contributed by atoms with Crippen LogP contribution in [0.4, 0.5) is 4.39 Å². The molecule has 0 radical (unpaired) electrons. The Morgan fingerprint density at radius 1 is 1.50 bits per heavy atom. The van der Waals surface area contributed by atoms with Crippen LogP contribution >= 0.6 is 0 Å². The lowest BCUT2D eigenvalue weighted by molar-refractivity contribution is 0.1000. The number of carbonyl (C=O) groups is 1. The Morgan fingerprint density at radius 3 is 2.57 bits per heavy atom. The first-order valence-electron chi connectivity index (χ1n) is 3.63. The number of rotatable bonds is 3. The van der Waals surface area contributed by atoms with E-state index in [0.717, 1.165) is 12.1 Å². The van der Waals surface area contributed by atoms with Gasteiger partial charge in [0, 0.05) is 5.56 Å². The molecule has 0 aliphatic carbocycles. The number of halogens is 1. The van der Waals surface area contributed by atoms with Crippen LogP contribution in [0, 0.1) is 5.82 Å². The highest BCUT2D eigenvalue weighted by Gasteiger charge is 2.15. The molecular formula is C7H7BFNO4. The summed E-state index contributed by atoms with van der Waals surface area (Å²) in [4.78, 5) is 10.6. The Hall–Kier alpha value is -1.60. The van der Waals surface area contributed by atoms with Gasteiger partial charge in [0.15, 0.2) is 5.82 Å². The second kappa shape index (κ2) is 4.08. The molecule has 1 amide bonds. The van der Waals surface area contributed by atoms with Crippen LogP contribution in [-0.2, 0) is 0 Å². The molecule has 4 N–H and O–H groups in total. The Kier molecular flexibility index (Phi) is 3.05. The molecule has 1 aromatic carbocycles. The van der Waals surface area contributed by atoms with Crippen LogP contribution in [0.1, 0.15) is 10.4 Å². The van der Waals surface area contributed by atoms with Crippen LogP contribution in [0.5, 0.6) is 5.75 Å². The van der Waals surface area contributed by atoms with Crippen LogP contribution in [0.2, 0.25) is 0 Å². The Bertz CT molecular complexity index is 358. The van der Waals surface area contributed by atoms with Crippen LogP contribution in [0.15, 0.2) is 18.2 Å². The van der Waals surface area contributed by atoms with Crippen molar-refractivity contribution in [2.75, 3.05) is 0 Å².